The van der Waals surface area contributed by atoms with Crippen LogP contribution >= 0.6 is 0 Å². The summed E-state index contributed by atoms with van der Waals surface area (Å²) in [6, 6.07) is 5.78. The minimum atomic E-state index is -3.72. The fraction of sp³-hybridized carbons (Fsp3) is 0.333. The number of aliphatic hydroxyl groups is 1. The molecule has 2 aliphatic heterocycles. The van der Waals surface area contributed by atoms with E-state index in [0.29, 0.717) is 11.8 Å². The van der Waals surface area contributed by atoms with Gasteiger partial charge in [0, 0.05) is 37.8 Å². The zero-order chi connectivity index (χ0) is 23.0. The molecule has 0 saturated carbocycles. The van der Waals surface area contributed by atoms with E-state index in [1.165, 1.54) is 34.6 Å². The maximum absolute atomic E-state index is 14.0. The SMILES string of the molecule is COc1ccc(S(=O)(=O)N2CC(=C3CN(C(=O)[C@H](CO)c4ccc(F)cc4F)C3)C2)nc1. The van der Waals surface area contributed by atoms with Crippen LogP contribution < -0.4 is 4.74 Å². The Labute approximate surface area is 183 Å². The molecule has 2 aliphatic rings. The van der Waals surface area contributed by atoms with Gasteiger partial charge in [0.05, 0.1) is 25.8 Å². The van der Waals surface area contributed by atoms with Crippen LogP contribution in [-0.2, 0) is 14.8 Å². The highest BCUT2D eigenvalue weighted by Gasteiger charge is 2.39. The number of nitrogens with zero attached hydrogens (tertiary/aromatic N) is 3. The maximum Gasteiger partial charge on any atom is 0.261 e. The van der Waals surface area contributed by atoms with Crippen LogP contribution in [0.5, 0.6) is 5.75 Å². The van der Waals surface area contributed by atoms with Crippen molar-refractivity contribution in [2.24, 2.45) is 0 Å². The van der Waals surface area contributed by atoms with E-state index in [1.807, 2.05) is 0 Å². The molecule has 1 aromatic carbocycles. The number of hydrogen-bond donors (Lipinski definition) is 1. The van der Waals surface area contributed by atoms with Crippen LogP contribution in [0, 0.1) is 11.6 Å². The number of carbonyl (C=O) groups excluding carboxylic acids is 1. The molecule has 1 atom stereocenters. The number of halogens is 2. The second kappa shape index (κ2) is 8.57. The molecule has 11 heteroatoms. The summed E-state index contributed by atoms with van der Waals surface area (Å²) in [6.07, 6.45) is 1.34. The molecule has 0 bridgehead atoms. The van der Waals surface area contributed by atoms with Crippen molar-refractivity contribution in [1.82, 2.24) is 14.2 Å². The summed E-state index contributed by atoms with van der Waals surface area (Å²) in [5.74, 6) is -2.78. The first-order valence-electron chi connectivity index (χ1n) is 9.79. The van der Waals surface area contributed by atoms with E-state index in [9.17, 15) is 27.1 Å². The molecule has 0 spiro atoms. The van der Waals surface area contributed by atoms with Gasteiger partial charge in [0.25, 0.3) is 10.0 Å². The summed E-state index contributed by atoms with van der Waals surface area (Å²) >= 11 is 0. The van der Waals surface area contributed by atoms with Crippen molar-refractivity contribution in [3.8, 4) is 5.75 Å². The number of benzene rings is 1. The highest BCUT2D eigenvalue weighted by atomic mass is 32.2. The lowest BCUT2D eigenvalue weighted by molar-refractivity contribution is -0.135. The van der Waals surface area contributed by atoms with Gasteiger partial charge in [0.2, 0.25) is 5.91 Å². The van der Waals surface area contributed by atoms with Crippen LogP contribution in [0.15, 0.2) is 52.7 Å². The molecular formula is C21H21F2N3O5S. The minimum absolute atomic E-state index is 0.0621. The predicted octanol–water partition coefficient (Wildman–Crippen LogP) is 1.29. The number of amides is 1. The van der Waals surface area contributed by atoms with Crippen molar-refractivity contribution in [3.63, 3.8) is 0 Å². The number of methoxy groups -OCH3 is 1. The topological polar surface area (TPSA) is 100 Å². The molecule has 1 N–H and O–H groups in total. The van der Waals surface area contributed by atoms with E-state index < -0.39 is 40.1 Å². The number of pyridine rings is 1. The molecule has 2 saturated heterocycles. The van der Waals surface area contributed by atoms with E-state index in [-0.39, 0.29) is 36.8 Å². The zero-order valence-electron chi connectivity index (χ0n) is 17.2. The lowest BCUT2D eigenvalue weighted by atomic mass is 9.92. The normalized spacial score (nSPS) is 17.6. The molecule has 4 rings (SSSR count). The largest absolute Gasteiger partial charge is 0.495 e. The third-order valence-electron chi connectivity index (χ3n) is 5.68. The number of ether oxygens (including phenoxy) is 1. The van der Waals surface area contributed by atoms with Crippen LogP contribution in [0.1, 0.15) is 11.5 Å². The van der Waals surface area contributed by atoms with E-state index >= 15 is 0 Å². The van der Waals surface area contributed by atoms with E-state index in [1.54, 1.807) is 0 Å². The number of rotatable bonds is 6. The monoisotopic (exact) mass is 465 g/mol. The van der Waals surface area contributed by atoms with Gasteiger partial charge in [-0.1, -0.05) is 6.07 Å². The fourth-order valence-electron chi connectivity index (χ4n) is 3.65. The zero-order valence-corrected chi connectivity index (χ0v) is 18.0. The van der Waals surface area contributed by atoms with Gasteiger partial charge in [-0.05, 0) is 29.3 Å². The molecule has 2 aromatic rings. The third-order valence-corrected chi connectivity index (χ3v) is 7.39. The standard InChI is InChI=1S/C21H21F2N3O5S/c1-31-16-3-5-20(24-7-16)32(29,30)26-10-14(11-26)13-8-25(9-13)21(28)18(12-27)17-4-2-15(22)6-19(17)23/h2-7,18,27H,8-12H2,1H3/t18-/m1/s1. The average molecular weight is 465 g/mol. The van der Waals surface area contributed by atoms with Gasteiger partial charge in [-0.25, -0.2) is 22.2 Å². The van der Waals surface area contributed by atoms with Crippen LogP contribution in [0.4, 0.5) is 8.78 Å². The highest BCUT2D eigenvalue weighted by molar-refractivity contribution is 7.89. The van der Waals surface area contributed by atoms with Crippen molar-refractivity contribution in [1.29, 1.82) is 0 Å². The van der Waals surface area contributed by atoms with Crippen LogP contribution in [0.25, 0.3) is 0 Å². The lowest BCUT2D eigenvalue weighted by Crippen LogP contribution is -2.52. The van der Waals surface area contributed by atoms with E-state index in [4.69, 9.17) is 4.74 Å². The Balaban J connectivity index is 1.38. The Hall–Kier alpha value is -2.89. The number of aliphatic hydroxyl groups excluding tert-OH is 1. The van der Waals surface area contributed by atoms with Gasteiger partial charge in [0.15, 0.2) is 5.03 Å². The van der Waals surface area contributed by atoms with Crippen molar-refractivity contribution in [2.45, 2.75) is 10.9 Å². The Morgan fingerprint density at radius 2 is 1.84 bits per heavy atom. The first-order valence-corrected chi connectivity index (χ1v) is 11.2. The van der Waals surface area contributed by atoms with Gasteiger partial charge >= 0.3 is 0 Å². The first kappa shape index (κ1) is 22.3. The lowest BCUT2D eigenvalue weighted by Gasteiger charge is -2.42. The van der Waals surface area contributed by atoms with Crippen molar-refractivity contribution in [2.75, 3.05) is 39.9 Å². The van der Waals surface area contributed by atoms with E-state index in [2.05, 4.69) is 4.98 Å². The molecular weight excluding hydrogens is 444 g/mol. The number of aromatic nitrogens is 1. The summed E-state index contributed by atoms with van der Waals surface area (Å²) in [5.41, 5.74) is 1.79. The average Bonchev–Trinajstić information content (AvgIpc) is 2.70. The number of likely N-dealkylation sites (tertiary alicyclic amines) is 1. The maximum atomic E-state index is 14.0. The van der Waals surface area contributed by atoms with Crippen molar-refractivity contribution in [3.05, 3.63) is 64.9 Å². The minimum Gasteiger partial charge on any atom is -0.495 e. The Kier molecular flexibility index (Phi) is 5.97. The predicted molar refractivity (Wildman–Crippen MR) is 109 cm³/mol. The van der Waals surface area contributed by atoms with Gasteiger partial charge < -0.3 is 14.7 Å². The van der Waals surface area contributed by atoms with Gasteiger partial charge in [0.1, 0.15) is 17.4 Å². The Morgan fingerprint density at radius 3 is 2.41 bits per heavy atom. The summed E-state index contributed by atoms with van der Waals surface area (Å²) in [4.78, 5) is 18.1. The van der Waals surface area contributed by atoms with Gasteiger partial charge in [-0.15, -0.1) is 0 Å². The molecule has 1 amide bonds. The molecule has 32 heavy (non-hydrogen) atoms. The molecule has 3 heterocycles. The molecule has 170 valence electrons. The van der Waals surface area contributed by atoms with Crippen LogP contribution in [0.2, 0.25) is 0 Å². The molecule has 0 radical (unpaired) electrons. The molecule has 2 fully saturated rings. The van der Waals surface area contributed by atoms with Gasteiger partial charge in [-0.3, -0.25) is 4.79 Å². The number of sulfonamides is 1. The van der Waals surface area contributed by atoms with Crippen molar-refractivity contribution >= 4 is 15.9 Å². The second-order valence-corrected chi connectivity index (χ2v) is 9.50. The first-order chi connectivity index (χ1) is 15.2. The second-order valence-electron chi connectivity index (χ2n) is 7.61. The molecule has 0 aliphatic carbocycles. The summed E-state index contributed by atoms with van der Waals surface area (Å²) in [6.45, 7) is 0.377. The number of hydrogen-bond acceptors (Lipinski definition) is 6. The third kappa shape index (κ3) is 3.98. The van der Waals surface area contributed by atoms with Crippen LogP contribution in [0.3, 0.4) is 0 Å². The van der Waals surface area contributed by atoms with Gasteiger partial charge in [-0.2, -0.15) is 4.31 Å². The Morgan fingerprint density at radius 1 is 1.16 bits per heavy atom. The fourth-order valence-corrected chi connectivity index (χ4v) is 5.00. The van der Waals surface area contributed by atoms with Crippen LogP contribution in [-0.4, -0.2) is 73.5 Å². The number of carbonyl (C=O) groups is 1. The van der Waals surface area contributed by atoms with E-state index in [0.717, 1.165) is 23.3 Å². The molecule has 1 aromatic heterocycles. The quantitative estimate of drug-likeness (QED) is 0.646. The smallest absolute Gasteiger partial charge is 0.261 e. The highest BCUT2D eigenvalue weighted by Crippen LogP contribution is 2.32. The Bertz CT molecular complexity index is 1170. The molecule has 8 nitrogen and oxygen atoms in total. The summed E-state index contributed by atoms with van der Waals surface area (Å²) < 4.78 is 58.7. The summed E-state index contributed by atoms with van der Waals surface area (Å²) in [7, 11) is -2.26. The molecule has 0 unspecified atom stereocenters. The summed E-state index contributed by atoms with van der Waals surface area (Å²) in [5, 5.41) is 9.53. The van der Waals surface area contributed by atoms with Crippen molar-refractivity contribution < 1.29 is 31.8 Å².